The van der Waals surface area contributed by atoms with Gasteiger partial charge in [-0.05, 0) is 51.9 Å². The number of nitrogens with two attached hydrogens (primary N) is 1. The average molecular weight is 322 g/mol. The molecule has 0 aromatic heterocycles. The molecule has 0 saturated heterocycles. The summed E-state index contributed by atoms with van der Waals surface area (Å²) in [5.41, 5.74) is 10.4. The number of nitrogens with one attached hydrogen (secondary N) is 2. The topological polar surface area (TPSA) is 80.9 Å². The monoisotopic (exact) mass is 322 g/mol. The summed E-state index contributed by atoms with van der Waals surface area (Å²) in [4.78, 5) is 0. The Bertz CT molecular complexity index is 444. The molecule has 0 aromatic carbocycles. The van der Waals surface area contributed by atoms with Crippen molar-refractivity contribution in [1.82, 2.24) is 10.7 Å². The van der Waals surface area contributed by atoms with Crippen molar-refractivity contribution in [2.24, 2.45) is 10.8 Å². The van der Waals surface area contributed by atoms with Crippen LogP contribution in [-0.2, 0) is 9.47 Å². The number of ether oxygens (including phenoxy) is 2. The Hall–Kier alpha value is -1.63. The van der Waals surface area contributed by atoms with Gasteiger partial charge in [-0.3, -0.25) is 5.43 Å². The first-order valence-corrected chi connectivity index (χ1v) is 8.11. The third kappa shape index (κ3) is 6.56. The fourth-order valence-electron chi connectivity index (χ4n) is 2.45. The highest BCUT2D eigenvalue weighted by Crippen LogP contribution is 2.28. The van der Waals surface area contributed by atoms with Gasteiger partial charge in [0.25, 0.3) is 0 Å². The van der Waals surface area contributed by atoms with E-state index >= 15 is 0 Å². The van der Waals surface area contributed by atoms with Gasteiger partial charge >= 0.3 is 0 Å². The molecule has 0 spiro atoms. The lowest BCUT2D eigenvalue weighted by Crippen LogP contribution is -2.24. The third-order valence-corrected chi connectivity index (χ3v) is 3.57. The predicted octanol–water partition coefficient (Wildman–Crippen LogP) is 1.67. The standard InChI is InChI=1S/C17H30N4O2/c1-19-12-6-8-14(21-20-2)17-15(22-3)9-4-5-10-16(17)23-13-7-11-18/h4,8-9,16,19,21H,2,5-7,10-13,18H2,1,3H3/b14-8-. The maximum Gasteiger partial charge on any atom is 0.126 e. The number of rotatable bonds is 11. The molecule has 1 rings (SSSR count). The van der Waals surface area contributed by atoms with Crippen LogP contribution in [-0.4, -0.2) is 46.7 Å². The Kier molecular flexibility index (Phi) is 10.0. The van der Waals surface area contributed by atoms with E-state index in [1.54, 1.807) is 7.11 Å². The van der Waals surface area contributed by atoms with Gasteiger partial charge in [0.2, 0.25) is 0 Å². The summed E-state index contributed by atoms with van der Waals surface area (Å²) in [5, 5.41) is 6.98. The zero-order valence-electron chi connectivity index (χ0n) is 14.3. The van der Waals surface area contributed by atoms with Gasteiger partial charge in [0.15, 0.2) is 0 Å². The quantitative estimate of drug-likeness (QED) is 0.306. The second kappa shape index (κ2) is 11.9. The molecule has 1 atom stereocenters. The fourth-order valence-corrected chi connectivity index (χ4v) is 2.45. The van der Waals surface area contributed by atoms with Gasteiger partial charge in [0.1, 0.15) is 5.76 Å². The second-order valence-electron chi connectivity index (χ2n) is 5.24. The van der Waals surface area contributed by atoms with Crippen LogP contribution in [0, 0.1) is 0 Å². The molecular weight excluding hydrogens is 292 g/mol. The third-order valence-electron chi connectivity index (χ3n) is 3.57. The summed E-state index contributed by atoms with van der Waals surface area (Å²) < 4.78 is 11.6. The Morgan fingerprint density at radius 2 is 2.39 bits per heavy atom. The highest BCUT2D eigenvalue weighted by molar-refractivity contribution is 5.41. The van der Waals surface area contributed by atoms with Crippen LogP contribution in [0.3, 0.4) is 0 Å². The smallest absolute Gasteiger partial charge is 0.126 e. The molecule has 0 saturated carbocycles. The molecule has 1 unspecified atom stereocenters. The van der Waals surface area contributed by atoms with Crippen LogP contribution in [0.4, 0.5) is 0 Å². The van der Waals surface area contributed by atoms with Gasteiger partial charge in [-0.25, -0.2) is 0 Å². The lowest BCUT2D eigenvalue weighted by Gasteiger charge is -2.23. The molecule has 0 aliphatic heterocycles. The van der Waals surface area contributed by atoms with Crippen LogP contribution in [0.1, 0.15) is 25.7 Å². The Labute approximate surface area is 139 Å². The van der Waals surface area contributed by atoms with Crippen molar-refractivity contribution >= 4 is 6.72 Å². The average Bonchev–Trinajstić information content (AvgIpc) is 2.76. The molecule has 0 aromatic rings. The first kappa shape index (κ1) is 19.4. The Balaban J connectivity index is 3.08. The van der Waals surface area contributed by atoms with E-state index in [9.17, 15) is 0 Å². The van der Waals surface area contributed by atoms with Gasteiger partial charge in [0.05, 0.1) is 18.9 Å². The first-order valence-electron chi connectivity index (χ1n) is 8.11. The van der Waals surface area contributed by atoms with E-state index in [1.807, 2.05) is 13.1 Å². The maximum absolute atomic E-state index is 6.07. The molecule has 1 aliphatic carbocycles. The van der Waals surface area contributed by atoms with Crippen molar-refractivity contribution in [3.8, 4) is 0 Å². The van der Waals surface area contributed by atoms with Crippen LogP contribution < -0.4 is 16.5 Å². The Morgan fingerprint density at radius 3 is 3.04 bits per heavy atom. The van der Waals surface area contributed by atoms with Crippen molar-refractivity contribution < 1.29 is 9.47 Å². The summed E-state index contributed by atoms with van der Waals surface area (Å²) in [6, 6.07) is 0. The number of hydrogen-bond donors (Lipinski definition) is 3. The van der Waals surface area contributed by atoms with Crippen LogP contribution in [0.15, 0.2) is 40.4 Å². The molecule has 130 valence electrons. The molecule has 6 heteroatoms. The molecule has 0 heterocycles. The molecular formula is C17H30N4O2. The summed E-state index contributed by atoms with van der Waals surface area (Å²) in [6.07, 6.45) is 9.69. The number of hydrogen-bond acceptors (Lipinski definition) is 6. The highest BCUT2D eigenvalue weighted by atomic mass is 16.5. The zero-order chi connectivity index (χ0) is 16.9. The minimum Gasteiger partial charge on any atom is -0.496 e. The number of allylic oxidation sites excluding steroid dienone is 2. The van der Waals surface area contributed by atoms with Gasteiger partial charge in [-0.15, -0.1) is 0 Å². The highest BCUT2D eigenvalue weighted by Gasteiger charge is 2.24. The van der Waals surface area contributed by atoms with Gasteiger partial charge < -0.3 is 20.5 Å². The molecule has 0 amide bonds. The summed E-state index contributed by atoms with van der Waals surface area (Å²) in [6.45, 7) is 5.68. The van der Waals surface area contributed by atoms with E-state index in [2.05, 4.69) is 34.7 Å². The largest absolute Gasteiger partial charge is 0.496 e. The lowest BCUT2D eigenvalue weighted by molar-refractivity contribution is 0.0699. The van der Waals surface area contributed by atoms with Crippen molar-refractivity contribution in [3.05, 3.63) is 35.3 Å². The summed E-state index contributed by atoms with van der Waals surface area (Å²) >= 11 is 0. The van der Waals surface area contributed by atoms with Crippen LogP contribution >= 0.6 is 0 Å². The molecule has 1 aliphatic rings. The minimum absolute atomic E-state index is 0.0541. The van der Waals surface area contributed by atoms with Crippen LogP contribution in [0.25, 0.3) is 0 Å². The normalized spacial score (nSPS) is 18.7. The van der Waals surface area contributed by atoms with Crippen molar-refractivity contribution in [2.45, 2.75) is 31.8 Å². The van der Waals surface area contributed by atoms with E-state index in [0.717, 1.165) is 49.3 Å². The van der Waals surface area contributed by atoms with Crippen molar-refractivity contribution in [1.29, 1.82) is 0 Å². The van der Waals surface area contributed by atoms with Gasteiger partial charge in [-0.2, -0.15) is 5.10 Å². The predicted molar refractivity (Wildman–Crippen MR) is 95.1 cm³/mol. The minimum atomic E-state index is -0.0541. The van der Waals surface area contributed by atoms with Gasteiger partial charge in [-0.1, -0.05) is 12.2 Å². The summed E-state index contributed by atoms with van der Waals surface area (Å²) in [5.74, 6) is 0.798. The van der Waals surface area contributed by atoms with Crippen LogP contribution in [0.5, 0.6) is 0 Å². The van der Waals surface area contributed by atoms with Crippen LogP contribution in [0.2, 0.25) is 0 Å². The molecule has 0 radical (unpaired) electrons. The number of hydrazone groups is 1. The van der Waals surface area contributed by atoms with E-state index in [-0.39, 0.29) is 6.10 Å². The van der Waals surface area contributed by atoms with E-state index in [4.69, 9.17) is 15.2 Å². The van der Waals surface area contributed by atoms with E-state index in [1.165, 1.54) is 0 Å². The lowest BCUT2D eigenvalue weighted by atomic mass is 10.0. The Morgan fingerprint density at radius 1 is 1.57 bits per heavy atom. The number of nitrogens with zero attached hydrogens (tertiary/aromatic N) is 1. The van der Waals surface area contributed by atoms with E-state index < -0.39 is 0 Å². The molecule has 0 fully saturated rings. The molecule has 4 N–H and O–H groups in total. The van der Waals surface area contributed by atoms with Crippen molar-refractivity contribution in [3.63, 3.8) is 0 Å². The molecule has 23 heavy (non-hydrogen) atoms. The second-order valence-corrected chi connectivity index (χ2v) is 5.24. The van der Waals surface area contributed by atoms with Crippen molar-refractivity contribution in [2.75, 3.05) is 33.9 Å². The molecule has 6 nitrogen and oxygen atoms in total. The zero-order valence-corrected chi connectivity index (χ0v) is 14.3. The maximum atomic E-state index is 6.07. The molecule has 0 bridgehead atoms. The van der Waals surface area contributed by atoms with E-state index in [0.29, 0.717) is 13.2 Å². The first-order chi connectivity index (χ1) is 11.3. The SMILES string of the molecule is C=NN/C(=C\CCNC)C1=C(OC)C=CCCC1OCCCN. The van der Waals surface area contributed by atoms with Gasteiger partial charge in [0, 0.05) is 18.9 Å². The fraction of sp³-hybridized carbons (Fsp3) is 0.588. The number of methoxy groups -OCH3 is 1. The summed E-state index contributed by atoms with van der Waals surface area (Å²) in [7, 11) is 3.61.